The van der Waals surface area contributed by atoms with Crippen molar-refractivity contribution in [3.05, 3.63) is 92.4 Å². The van der Waals surface area contributed by atoms with Crippen LogP contribution in [0.2, 0.25) is 0 Å². The normalized spacial score (nSPS) is 12.6. The van der Waals surface area contributed by atoms with Gasteiger partial charge in [-0.25, -0.2) is 0 Å². The molecule has 0 amide bonds. The van der Waals surface area contributed by atoms with Crippen LogP contribution in [0.15, 0.2) is 74.7 Å². The third kappa shape index (κ3) is 2.15. The molecule has 0 bridgehead atoms. The van der Waals surface area contributed by atoms with E-state index < -0.39 is 0 Å². The van der Waals surface area contributed by atoms with E-state index in [1.165, 1.54) is 6.07 Å². The van der Waals surface area contributed by atoms with Gasteiger partial charge >= 0.3 is 0 Å². The largest absolute Gasteiger partial charge is 0.455 e. The molecule has 0 radical (unpaired) electrons. The molecule has 2 aromatic carbocycles. The van der Waals surface area contributed by atoms with Crippen molar-refractivity contribution in [2.45, 2.75) is 12.8 Å². The molecule has 2 aromatic heterocycles. The third-order valence-electron chi connectivity index (χ3n) is 4.94. The Morgan fingerprint density at radius 2 is 1.65 bits per heavy atom. The first-order chi connectivity index (χ1) is 12.7. The fourth-order valence-corrected chi connectivity index (χ4v) is 3.67. The van der Waals surface area contributed by atoms with Gasteiger partial charge in [0.15, 0.2) is 5.43 Å². The summed E-state index contributed by atoms with van der Waals surface area (Å²) < 4.78 is 6.10. The number of hydrogen-bond acceptors (Lipinski definition) is 3. The highest BCUT2D eigenvalue weighted by atomic mass is 16.3. The van der Waals surface area contributed by atoms with Gasteiger partial charge in [-0.15, -0.1) is 0 Å². The molecule has 0 fully saturated rings. The van der Waals surface area contributed by atoms with Crippen LogP contribution in [0, 0.1) is 0 Å². The van der Waals surface area contributed by atoms with Crippen LogP contribution in [0.4, 0.5) is 0 Å². The first-order valence-corrected chi connectivity index (χ1v) is 8.59. The molecule has 0 aliphatic heterocycles. The fourth-order valence-electron chi connectivity index (χ4n) is 3.67. The van der Waals surface area contributed by atoms with Crippen LogP contribution >= 0.6 is 0 Å². The second-order valence-corrected chi connectivity index (χ2v) is 6.50. The molecule has 5 rings (SSSR count). The van der Waals surface area contributed by atoms with Gasteiger partial charge in [-0.1, -0.05) is 42.5 Å². The van der Waals surface area contributed by atoms with E-state index in [1.807, 2.05) is 48.5 Å². The van der Waals surface area contributed by atoms with E-state index in [0.29, 0.717) is 40.9 Å². The lowest BCUT2D eigenvalue weighted by atomic mass is 9.91. The van der Waals surface area contributed by atoms with Gasteiger partial charge in [0.25, 0.3) is 0 Å². The Labute approximate surface area is 148 Å². The Morgan fingerprint density at radius 1 is 0.885 bits per heavy atom. The van der Waals surface area contributed by atoms with Gasteiger partial charge in [-0.05, 0) is 25.0 Å². The van der Waals surface area contributed by atoms with Crippen LogP contribution in [-0.4, -0.2) is 4.98 Å². The van der Waals surface area contributed by atoms with Crippen LogP contribution in [-0.2, 0) is 12.8 Å². The van der Waals surface area contributed by atoms with Crippen LogP contribution in [0.3, 0.4) is 0 Å². The van der Waals surface area contributed by atoms with Gasteiger partial charge in [0.1, 0.15) is 11.5 Å². The summed E-state index contributed by atoms with van der Waals surface area (Å²) in [7, 11) is 0. The van der Waals surface area contributed by atoms with E-state index in [9.17, 15) is 9.59 Å². The molecule has 1 aliphatic carbocycles. The molecule has 4 heteroatoms. The zero-order valence-electron chi connectivity index (χ0n) is 13.9. The zero-order chi connectivity index (χ0) is 17.7. The Hall–Kier alpha value is -3.40. The Balaban J connectivity index is 1.85. The van der Waals surface area contributed by atoms with Crippen molar-refractivity contribution in [2.75, 3.05) is 0 Å². The van der Waals surface area contributed by atoms with Crippen molar-refractivity contribution in [3.63, 3.8) is 0 Å². The van der Waals surface area contributed by atoms with E-state index in [0.717, 1.165) is 16.8 Å². The average molecular weight is 341 g/mol. The number of aromatic nitrogens is 1. The second-order valence-electron chi connectivity index (χ2n) is 6.50. The lowest BCUT2D eigenvalue weighted by molar-refractivity contribution is 0.564. The summed E-state index contributed by atoms with van der Waals surface area (Å²) in [5.41, 5.74) is 3.34. The number of aromatic amines is 1. The summed E-state index contributed by atoms with van der Waals surface area (Å²) in [5, 5.41) is 0.604. The van der Waals surface area contributed by atoms with E-state index >= 15 is 0 Å². The number of hydrogen-bond donors (Lipinski definition) is 1. The number of nitrogens with one attached hydrogen (secondary N) is 1. The molecule has 26 heavy (non-hydrogen) atoms. The second kappa shape index (κ2) is 5.56. The van der Waals surface area contributed by atoms with Crippen LogP contribution < -0.4 is 10.9 Å². The van der Waals surface area contributed by atoms with E-state index in [2.05, 4.69) is 4.98 Å². The van der Waals surface area contributed by atoms with Crippen molar-refractivity contribution in [2.24, 2.45) is 0 Å². The molecule has 126 valence electrons. The lowest BCUT2D eigenvalue weighted by Gasteiger charge is -2.19. The number of aryl methyl sites for hydroxylation is 1. The first-order valence-electron chi connectivity index (χ1n) is 8.59. The molecule has 2 heterocycles. The highest BCUT2D eigenvalue weighted by molar-refractivity contribution is 5.85. The SMILES string of the molecule is O=c1cc(-c2ccccc2)oc2c1CCc1[nH]c3ccccc3c(=O)c1-2. The van der Waals surface area contributed by atoms with E-state index in [-0.39, 0.29) is 10.9 Å². The summed E-state index contributed by atoms with van der Waals surface area (Å²) >= 11 is 0. The summed E-state index contributed by atoms with van der Waals surface area (Å²) in [5.74, 6) is 0.888. The number of para-hydroxylation sites is 1. The maximum Gasteiger partial charge on any atom is 0.200 e. The maximum absolute atomic E-state index is 13.1. The van der Waals surface area contributed by atoms with Gasteiger partial charge in [0, 0.05) is 33.8 Å². The van der Waals surface area contributed by atoms with Gasteiger partial charge in [-0.2, -0.15) is 0 Å². The number of fused-ring (bicyclic) bond motifs is 4. The van der Waals surface area contributed by atoms with Crippen LogP contribution in [0.1, 0.15) is 11.3 Å². The standard InChI is InChI=1S/C22H15NO3/c24-18-12-19(13-6-2-1-3-7-13)26-22-15(18)10-11-17-20(22)21(25)14-8-4-5-9-16(14)23-17/h1-9,12H,10-11H2,(H,23,25). The molecular formula is C22H15NO3. The minimum absolute atomic E-state index is 0.0803. The average Bonchev–Trinajstić information content (AvgIpc) is 2.68. The van der Waals surface area contributed by atoms with Crippen molar-refractivity contribution < 1.29 is 4.42 Å². The molecule has 0 spiro atoms. The van der Waals surface area contributed by atoms with E-state index in [1.54, 1.807) is 6.07 Å². The topological polar surface area (TPSA) is 63.1 Å². The molecule has 0 saturated heterocycles. The summed E-state index contributed by atoms with van der Waals surface area (Å²) in [6, 6.07) is 18.4. The summed E-state index contributed by atoms with van der Waals surface area (Å²) in [6.45, 7) is 0. The van der Waals surface area contributed by atoms with Crippen molar-refractivity contribution in [1.82, 2.24) is 4.98 Å². The minimum atomic E-state index is -0.0938. The molecule has 0 saturated carbocycles. The molecular weight excluding hydrogens is 326 g/mol. The number of benzene rings is 2. The molecule has 4 aromatic rings. The van der Waals surface area contributed by atoms with E-state index in [4.69, 9.17) is 4.42 Å². The predicted molar refractivity (Wildman–Crippen MR) is 101 cm³/mol. The first kappa shape index (κ1) is 14.9. The monoisotopic (exact) mass is 341 g/mol. The van der Waals surface area contributed by atoms with Gasteiger partial charge in [0.05, 0.1) is 5.56 Å². The number of pyridine rings is 1. The Bertz CT molecular complexity index is 1270. The summed E-state index contributed by atoms with van der Waals surface area (Å²) in [6.07, 6.45) is 1.19. The zero-order valence-corrected chi connectivity index (χ0v) is 13.9. The third-order valence-corrected chi connectivity index (χ3v) is 4.94. The summed E-state index contributed by atoms with van der Waals surface area (Å²) in [4.78, 5) is 29.1. The quantitative estimate of drug-likeness (QED) is 0.571. The highest BCUT2D eigenvalue weighted by Crippen LogP contribution is 2.32. The Morgan fingerprint density at radius 3 is 2.50 bits per heavy atom. The molecule has 4 nitrogen and oxygen atoms in total. The number of rotatable bonds is 1. The molecule has 0 unspecified atom stereocenters. The van der Waals surface area contributed by atoms with Gasteiger partial charge < -0.3 is 9.40 Å². The van der Waals surface area contributed by atoms with Crippen molar-refractivity contribution in [3.8, 4) is 22.6 Å². The van der Waals surface area contributed by atoms with Crippen molar-refractivity contribution in [1.29, 1.82) is 0 Å². The van der Waals surface area contributed by atoms with Gasteiger partial charge in [-0.3, -0.25) is 9.59 Å². The fraction of sp³-hybridized carbons (Fsp3) is 0.0909. The highest BCUT2D eigenvalue weighted by Gasteiger charge is 2.26. The van der Waals surface area contributed by atoms with Gasteiger partial charge in [0.2, 0.25) is 5.43 Å². The van der Waals surface area contributed by atoms with Crippen LogP contribution in [0.5, 0.6) is 0 Å². The lowest BCUT2D eigenvalue weighted by Crippen LogP contribution is -2.21. The van der Waals surface area contributed by atoms with Crippen molar-refractivity contribution >= 4 is 10.9 Å². The predicted octanol–water partition coefficient (Wildman–Crippen LogP) is 3.91. The minimum Gasteiger partial charge on any atom is -0.455 e. The molecule has 1 aliphatic rings. The van der Waals surface area contributed by atoms with Crippen LogP contribution in [0.25, 0.3) is 33.6 Å². The number of H-pyrrole nitrogens is 1. The smallest absolute Gasteiger partial charge is 0.200 e. The maximum atomic E-state index is 13.1. The molecule has 0 atom stereocenters. The molecule has 1 N–H and O–H groups in total. The Kier molecular flexibility index (Phi) is 3.19.